The molecule has 30 heavy (non-hydrogen) atoms. The van der Waals surface area contributed by atoms with Crippen LogP contribution in [0.1, 0.15) is 70.4 Å². The zero-order valence-corrected chi connectivity index (χ0v) is 19.8. The number of nitrogens with one attached hydrogen (secondary N) is 1. The molecule has 0 spiro atoms. The molecule has 166 valence electrons. The van der Waals surface area contributed by atoms with Crippen molar-refractivity contribution in [1.82, 2.24) is 10.2 Å². The number of rotatable bonds is 7. The Kier molecular flexibility index (Phi) is 6.76. The van der Waals surface area contributed by atoms with Crippen LogP contribution < -0.4 is 5.32 Å². The van der Waals surface area contributed by atoms with Gasteiger partial charge >= 0.3 is 0 Å². The van der Waals surface area contributed by atoms with Crippen LogP contribution in [0.5, 0.6) is 0 Å². The zero-order chi connectivity index (χ0) is 22.1. The van der Waals surface area contributed by atoms with Crippen LogP contribution in [0, 0.1) is 24.2 Å². The van der Waals surface area contributed by atoms with E-state index in [9.17, 15) is 9.59 Å². The molecule has 0 radical (unpaired) electrons. The van der Waals surface area contributed by atoms with E-state index >= 15 is 0 Å². The Bertz CT molecular complexity index is 758. The van der Waals surface area contributed by atoms with Crippen molar-refractivity contribution in [2.45, 2.75) is 84.2 Å². The maximum Gasteiger partial charge on any atom is 0.220 e. The van der Waals surface area contributed by atoms with Crippen molar-refractivity contribution in [2.24, 2.45) is 17.3 Å². The maximum absolute atomic E-state index is 12.7. The second kappa shape index (κ2) is 8.82. The minimum absolute atomic E-state index is 0.0517. The summed E-state index contributed by atoms with van der Waals surface area (Å²) in [4.78, 5) is 26.8. The highest BCUT2D eigenvalue weighted by atomic mass is 16.1. The summed E-state index contributed by atoms with van der Waals surface area (Å²) in [6, 6.07) is 9.17. The first kappa shape index (κ1) is 23.0. The number of hydrogen-bond acceptors (Lipinski definition) is 3. The van der Waals surface area contributed by atoms with Gasteiger partial charge in [0.2, 0.25) is 5.91 Å². The summed E-state index contributed by atoms with van der Waals surface area (Å²) in [5.74, 6) is 0.860. The fourth-order valence-electron chi connectivity index (χ4n) is 5.73. The number of carbonyl (C=O) groups excluding carboxylic acids is 2. The van der Waals surface area contributed by atoms with Crippen molar-refractivity contribution in [3.8, 4) is 0 Å². The number of hydrogen-bond donors (Lipinski definition) is 1. The minimum atomic E-state index is -0.0517. The number of aryl methyl sites for hydroxylation is 1. The standard InChI is InChI=1S/C26H40N2O2/c1-18-7-9-20(10-8-18)17-26(28(5)6)13-11-22(12-14-26)27-24(30)16-21-15-23(19(2)29)25(21,3)4/h7-10,21-23H,11-17H2,1-6H3,(H,27,30). The van der Waals surface area contributed by atoms with E-state index in [1.54, 1.807) is 6.92 Å². The van der Waals surface area contributed by atoms with E-state index < -0.39 is 0 Å². The van der Waals surface area contributed by atoms with E-state index in [0.717, 1.165) is 38.5 Å². The third kappa shape index (κ3) is 4.80. The molecule has 4 heteroatoms. The van der Waals surface area contributed by atoms with E-state index in [1.165, 1.54) is 11.1 Å². The van der Waals surface area contributed by atoms with Crippen LogP contribution in [0.2, 0.25) is 0 Å². The zero-order valence-electron chi connectivity index (χ0n) is 19.8. The van der Waals surface area contributed by atoms with Gasteiger partial charge in [-0.1, -0.05) is 43.7 Å². The lowest BCUT2D eigenvalue weighted by Crippen LogP contribution is -2.53. The van der Waals surface area contributed by atoms with Crippen molar-refractivity contribution in [3.05, 3.63) is 35.4 Å². The molecule has 3 rings (SSSR count). The average molecular weight is 413 g/mol. The van der Waals surface area contributed by atoms with Gasteiger partial charge < -0.3 is 10.2 Å². The van der Waals surface area contributed by atoms with Gasteiger partial charge in [-0.25, -0.2) is 0 Å². The number of carbonyl (C=O) groups is 2. The minimum Gasteiger partial charge on any atom is -0.353 e. The van der Waals surface area contributed by atoms with Gasteiger partial charge in [-0.05, 0) is 83.4 Å². The summed E-state index contributed by atoms with van der Waals surface area (Å²) in [7, 11) is 4.38. The number of benzene rings is 1. The van der Waals surface area contributed by atoms with Gasteiger partial charge in [-0.3, -0.25) is 9.59 Å². The fraction of sp³-hybridized carbons (Fsp3) is 0.692. The molecule has 0 saturated heterocycles. The first-order valence-corrected chi connectivity index (χ1v) is 11.6. The normalized spacial score (nSPS) is 30.6. The molecule has 4 nitrogen and oxygen atoms in total. The van der Waals surface area contributed by atoms with Crippen molar-refractivity contribution in [2.75, 3.05) is 14.1 Å². The molecule has 0 heterocycles. The predicted octanol–water partition coefficient (Wildman–Crippen LogP) is 4.54. The Balaban J connectivity index is 1.52. The van der Waals surface area contributed by atoms with Crippen LogP contribution in [-0.4, -0.2) is 42.3 Å². The van der Waals surface area contributed by atoms with Gasteiger partial charge in [-0.15, -0.1) is 0 Å². The highest BCUT2D eigenvalue weighted by Gasteiger charge is 2.50. The van der Waals surface area contributed by atoms with E-state index in [4.69, 9.17) is 0 Å². The van der Waals surface area contributed by atoms with E-state index in [0.29, 0.717) is 12.3 Å². The molecule has 1 N–H and O–H groups in total. The summed E-state index contributed by atoms with van der Waals surface area (Å²) in [5.41, 5.74) is 2.81. The molecular weight excluding hydrogens is 372 g/mol. The van der Waals surface area contributed by atoms with Crippen molar-refractivity contribution in [3.63, 3.8) is 0 Å². The number of Topliss-reactive ketones (excluding diaryl/α,β-unsaturated/α-hetero) is 1. The largest absolute Gasteiger partial charge is 0.353 e. The average Bonchev–Trinajstić information content (AvgIpc) is 2.67. The third-order valence-corrected chi connectivity index (χ3v) is 8.28. The van der Waals surface area contributed by atoms with Crippen molar-refractivity contribution in [1.29, 1.82) is 0 Å². The number of amides is 1. The lowest BCUT2D eigenvalue weighted by Gasteiger charge is -2.51. The van der Waals surface area contributed by atoms with Crippen LogP contribution in [0.3, 0.4) is 0 Å². The molecule has 0 aliphatic heterocycles. The highest BCUT2D eigenvalue weighted by molar-refractivity contribution is 5.81. The Morgan fingerprint density at radius 3 is 2.20 bits per heavy atom. The third-order valence-electron chi connectivity index (χ3n) is 8.28. The topological polar surface area (TPSA) is 49.4 Å². The molecule has 0 bridgehead atoms. The highest BCUT2D eigenvalue weighted by Crippen LogP contribution is 2.53. The van der Waals surface area contributed by atoms with Gasteiger partial charge in [-0.2, -0.15) is 0 Å². The van der Waals surface area contributed by atoms with E-state index in [1.807, 2.05) is 0 Å². The van der Waals surface area contributed by atoms with Crippen molar-refractivity contribution >= 4 is 11.7 Å². The molecule has 2 aliphatic rings. The van der Waals surface area contributed by atoms with Gasteiger partial charge in [0.05, 0.1) is 0 Å². The van der Waals surface area contributed by atoms with Crippen LogP contribution >= 0.6 is 0 Å². The maximum atomic E-state index is 12.7. The second-order valence-electron chi connectivity index (χ2n) is 10.7. The van der Waals surface area contributed by atoms with E-state index in [-0.39, 0.29) is 34.6 Å². The predicted molar refractivity (Wildman–Crippen MR) is 122 cm³/mol. The second-order valence-corrected chi connectivity index (χ2v) is 10.7. The first-order chi connectivity index (χ1) is 14.0. The van der Waals surface area contributed by atoms with E-state index in [2.05, 4.69) is 69.3 Å². The Labute approximate surface area is 182 Å². The molecular formula is C26H40N2O2. The Morgan fingerprint density at radius 2 is 1.70 bits per heavy atom. The summed E-state index contributed by atoms with van der Waals surface area (Å²) >= 11 is 0. The number of nitrogens with zero attached hydrogens (tertiary/aromatic N) is 1. The monoisotopic (exact) mass is 412 g/mol. The molecule has 1 amide bonds. The SMILES string of the molecule is CC(=O)C1CC(CC(=O)NC2CCC(Cc3ccc(C)cc3)(N(C)C)CC2)C1(C)C. The fourth-order valence-corrected chi connectivity index (χ4v) is 5.73. The smallest absolute Gasteiger partial charge is 0.220 e. The summed E-state index contributed by atoms with van der Waals surface area (Å²) < 4.78 is 0. The molecule has 2 fully saturated rings. The van der Waals surface area contributed by atoms with Gasteiger partial charge in [0.15, 0.2) is 0 Å². The lowest BCUT2D eigenvalue weighted by atomic mass is 9.52. The number of likely N-dealkylation sites (N-methyl/N-ethyl adjacent to an activating group) is 1. The Morgan fingerprint density at radius 1 is 1.10 bits per heavy atom. The van der Waals surface area contributed by atoms with Gasteiger partial charge in [0.1, 0.15) is 5.78 Å². The Hall–Kier alpha value is -1.68. The molecule has 2 saturated carbocycles. The van der Waals surface area contributed by atoms with Crippen LogP contribution in [0.15, 0.2) is 24.3 Å². The van der Waals surface area contributed by atoms with Crippen molar-refractivity contribution < 1.29 is 9.59 Å². The first-order valence-electron chi connectivity index (χ1n) is 11.6. The summed E-state index contributed by atoms with van der Waals surface area (Å²) in [5, 5.41) is 3.31. The van der Waals surface area contributed by atoms with Crippen LogP contribution in [0.4, 0.5) is 0 Å². The molecule has 2 atom stereocenters. The lowest BCUT2D eigenvalue weighted by molar-refractivity contribution is -0.141. The van der Waals surface area contributed by atoms with Crippen LogP contribution in [-0.2, 0) is 16.0 Å². The van der Waals surface area contributed by atoms with Crippen LogP contribution in [0.25, 0.3) is 0 Å². The van der Waals surface area contributed by atoms with Gasteiger partial charge in [0.25, 0.3) is 0 Å². The molecule has 1 aromatic carbocycles. The number of ketones is 1. The molecule has 2 aliphatic carbocycles. The summed E-state index contributed by atoms with van der Waals surface area (Å²) in [6.07, 6.45) is 6.72. The van der Waals surface area contributed by atoms with Gasteiger partial charge in [0, 0.05) is 23.9 Å². The molecule has 0 aromatic heterocycles. The summed E-state index contributed by atoms with van der Waals surface area (Å²) in [6.45, 7) is 8.08. The quantitative estimate of drug-likeness (QED) is 0.715. The molecule has 2 unspecified atom stereocenters. The molecule has 1 aromatic rings.